The number of rotatable bonds is 5. The molecule has 0 radical (unpaired) electrons. The normalized spacial score (nSPS) is 11.8. The lowest BCUT2D eigenvalue weighted by Crippen LogP contribution is -2.74. The van der Waals surface area contributed by atoms with Crippen LogP contribution in [0.1, 0.15) is 0 Å². The Labute approximate surface area is 273 Å². The molecule has 0 N–H and O–H groups in total. The average molecular weight is 617 g/mol. The van der Waals surface area contributed by atoms with Crippen LogP contribution < -0.4 is 20.7 Å². The molecule has 2 heterocycles. The van der Waals surface area contributed by atoms with Crippen molar-refractivity contribution in [3.05, 3.63) is 181 Å². The first kappa shape index (κ1) is 27.2. The van der Waals surface area contributed by atoms with Gasteiger partial charge in [0.05, 0.1) is 12.1 Å². The van der Waals surface area contributed by atoms with Gasteiger partial charge < -0.3 is 8.98 Å². The van der Waals surface area contributed by atoms with Gasteiger partial charge >= 0.3 is 0 Å². The Morgan fingerprint density at radius 1 is 0.489 bits per heavy atom. The number of benzene rings is 7. The van der Waals surface area contributed by atoms with Gasteiger partial charge in [0, 0.05) is 32.7 Å². The van der Waals surface area contributed by atoms with Crippen LogP contribution in [-0.4, -0.2) is 12.6 Å². The van der Waals surface area contributed by atoms with Crippen LogP contribution in [-0.2, 0) is 0 Å². The Bertz CT molecular complexity index is 2530. The van der Waals surface area contributed by atoms with E-state index >= 15 is 0 Å². The van der Waals surface area contributed by atoms with E-state index < -0.39 is 8.07 Å². The number of furan rings is 1. The van der Waals surface area contributed by atoms with Gasteiger partial charge in [0.2, 0.25) is 0 Å². The number of para-hydroxylation sites is 2. The molecule has 0 bridgehead atoms. The molecule has 0 aliphatic rings. The highest BCUT2D eigenvalue weighted by atomic mass is 28.3. The molecule has 0 atom stereocenters. The average Bonchev–Trinajstić information content (AvgIpc) is 3.68. The predicted octanol–water partition coefficient (Wildman–Crippen LogP) is 8.61. The smallest absolute Gasteiger partial charge is 0.189 e. The molecule has 0 saturated heterocycles. The molecule has 220 valence electrons. The zero-order chi connectivity index (χ0) is 31.4. The molecule has 0 amide bonds. The SMILES string of the molecule is [C-]#[N+]c1ccc2c3ccccc3n(-c3ccc4oc5c([Si](c6ccccc6)(c6ccccc6)c6ccccc6)cccc5c4c3)c2c1. The van der Waals surface area contributed by atoms with E-state index in [1.165, 1.54) is 26.1 Å². The van der Waals surface area contributed by atoms with Crippen LogP contribution >= 0.6 is 0 Å². The topological polar surface area (TPSA) is 22.4 Å². The van der Waals surface area contributed by atoms with Gasteiger partial charge in [0.15, 0.2) is 13.8 Å². The maximum Gasteiger partial charge on any atom is 0.189 e. The quantitative estimate of drug-likeness (QED) is 0.108. The lowest BCUT2D eigenvalue weighted by Gasteiger charge is -2.34. The van der Waals surface area contributed by atoms with E-state index in [9.17, 15) is 0 Å². The third-order valence-corrected chi connectivity index (χ3v) is 14.3. The van der Waals surface area contributed by atoms with Crippen molar-refractivity contribution in [2.24, 2.45) is 0 Å². The van der Waals surface area contributed by atoms with Crippen LogP contribution in [0, 0.1) is 6.57 Å². The fourth-order valence-electron chi connectivity index (χ4n) is 7.56. The highest BCUT2D eigenvalue weighted by molar-refractivity contribution is 7.20. The van der Waals surface area contributed by atoms with E-state index in [2.05, 4.69) is 167 Å². The molecule has 3 nitrogen and oxygen atoms in total. The molecule has 0 unspecified atom stereocenters. The molecular weight excluding hydrogens is 589 g/mol. The summed E-state index contributed by atoms with van der Waals surface area (Å²) in [7, 11) is -2.80. The van der Waals surface area contributed by atoms with E-state index in [4.69, 9.17) is 11.0 Å². The van der Waals surface area contributed by atoms with Crippen LogP contribution in [0.3, 0.4) is 0 Å². The second-order valence-electron chi connectivity index (χ2n) is 12.0. The highest BCUT2D eigenvalue weighted by Crippen LogP contribution is 2.37. The summed E-state index contributed by atoms with van der Waals surface area (Å²) in [5.74, 6) is 0. The van der Waals surface area contributed by atoms with Gasteiger partial charge in [-0.1, -0.05) is 140 Å². The number of fused-ring (bicyclic) bond motifs is 6. The summed E-state index contributed by atoms with van der Waals surface area (Å²) in [4.78, 5) is 3.74. The first-order valence-corrected chi connectivity index (χ1v) is 17.8. The summed E-state index contributed by atoms with van der Waals surface area (Å²) >= 11 is 0. The molecule has 0 aliphatic carbocycles. The minimum Gasteiger partial charge on any atom is -0.456 e. The molecule has 9 aromatic rings. The molecule has 0 spiro atoms. The van der Waals surface area contributed by atoms with Crippen LogP contribution in [0.15, 0.2) is 174 Å². The molecule has 2 aromatic heterocycles. The van der Waals surface area contributed by atoms with Crippen molar-refractivity contribution >= 4 is 78.3 Å². The summed E-state index contributed by atoms with van der Waals surface area (Å²) < 4.78 is 9.20. The number of nitrogens with zero attached hydrogens (tertiary/aromatic N) is 2. The largest absolute Gasteiger partial charge is 0.456 e. The van der Waals surface area contributed by atoms with Crippen molar-refractivity contribution in [2.45, 2.75) is 0 Å². The van der Waals surface area contributed by atoms with Gasteiger partial charge in [-0.3, -0.25) is 0 Å². The van der Waals surface area contributed by atoms with Crippen molar-refractivity contribution < 1.29 is 4.42 Å². The van der Waals surface area contributed by atoms with Gasteiger partial charge in [0.25, 0.3) is 0 Å². The van der Waals surface area contributed by atoms with Crippen molar-refractivity contribution in [1.82, 2.24) is 4.57 Å². The van der Waals surface area contributed by atoms with Gasteiger partial charge in [-0.05, 0) is 51.1 Å². The molecular formula is C43H28N2OSi. The van der Waals surface area contributed by atoms with E-state index in [-0.39, 0.29) is 0 Å². The Morgan fingerprint density at radius 2 is 1.09 bits per heavy atom. The fraction of sp³-hybridized carbons (Fsp3) is 0. The first-order valence-electron chi connectivity index (χ1n) is 15.8. The molecule has 47 heavy (non-hydrogen) atoms. The zero-order valence-electron chi connectivity index (χ0n) is 25.5. The maximum absolute atomic E-state index is 7.67. The van der Waals surface area contributed by atoms with Crippen LogP contribution in [0.25, 0.3) is 54.3 Å². The van der Waals surface area contributed by atoms with E-state index in [1.807, 2.05) is 12.1 Å². The predicted molar refractivity (Wildman–Crippen MR) is 198 cm³/mol. The van der Waals surface area contributed by atoms with Crippen molar-refractivity contribution in [3.8, 4) is 5.69 Å². The highest BCUT2D eigenvalue weighted by Gasteiger charge is 2.43. The van der Waals surface area contributed by atoms with Gasteiger partial charge in [-0.25, -0.2) is 4.85 Å². The number of aromatic nitrogens is 1. The van der Waals surface area contributed by atoms with Crippen LogP contribution in [0.5, 0.6) is 0 Å². The lowest BCUT2D eigenvalue weighted by atomic mass is 10.1. The minimum atomic E-state index is -2.80. The molecule has 0 fully saturated rings. The number of hydrogen-bond acceptors (Lipinski definition) is 1. The van der Waals surface area contributed by atoms with Crippen molar-refractivity contribution in [2.75, 3.05) is 0 Å². The summed E-state index contributed by atoms with van der Waals surface area (Å²) in [5.41, 5.74) is 5.59. The Kier molecular flexibility index (Phi) is 6.21. The second-order valence-corrected chi connectivity index (χ2v) is 15.7. The molecule has 4 heteroatoms. The van der Waals surface area contributed by atoms with E-state index in [1.54, 1.807) is 0 Å². The maximum atomic E-state index is 7.67. The van der Waals surface area contributed by atoms with Crippen LogP contribution in [0.4, 0.5) is 5.69 Å². The monoisotopic (exact) mass is 616 g/mol. The summed E-state index contributed by atoms with van der Waals surface area (Å²) in [6.45, 7) is 7.67. The fourth-order valence-corrected chi connectivity index (χ4v) is 12.4. The summed E-state index contributed by atoms with van der Waals surface area (Å²) in [5, 5.41) is 9.64. The van der Waals surface area contributed by atoms with Crippen molar-refractivity contribution in [3.63, 3.8) is 0 Å². The van der Waals surface area contributed by atoms with Gasteiger partial charge in [-0.15, -0.1) is 0 Å². The van der Waals surface area contributed by atoms with Crippen molar-refractivity contribution in [1.29, 1.82) is 0 Å². The molecule has 9 rings (SSSR count). The summed E-state index contributed by atoms with van der Waals surface area (Å²) in [6, 6.07) is 60.5. The molecule has 0 aliphatic heterocycles. The zero-order valence-corrected chi connectivity index (χ0v) is 26.5. The number of hydrogen-bond donors (Lipinski definition) is 0. The first-order chi connectivity index (χ1) is 23.3. The Hall–Kier alpha value is -6.15. The Morgan fingerprint density at radius 3 is 1.74 bits per heavy atom. The summed E-state index contributed by atoms with van der Waals surface area (Å²) in [6.07, 6.45) is 0. The van der Waals surface area contributed by atoms with Gasteiger partial charge in [0.1, 0.15) is 11.2 Å². The molecule has 0 saturated carbocycles. The van der Waals surface area contributed by atoms with E-state index in [0.717, 1.165) is 44.0 Å². The second kappa shape index (κ2) is 10.7. The van der Waals surface area contributed by atoms with E-state index in [0.29, 0.717) is 5.69 Å². The standard InChI is InChI=1S/C43H28N2OSi/c1-44-30-24-26-36-35-20-11-12-22-39(35)45(40(36)28-30)31-25-27-41-38(29-31)37-21-13-23-42(43(37)46-41)47(32-14-5-2-6-15-32,33-16-7-3-8-17-33)34-18-9-4-10-19-34/h2-29H. The van der Waals surface area contributed by atoms with Gasteiger partial charge in [-0.2, -0.15) is 0 Å². The third kappa shape index (κ3) is 4.04. The molecule has 7 aromatic carbocycles. The van der Waals surface area contributed by atoms with Crippen LogP contribution in [0.2, 0.25) is 0 Å². The third-order valence-electron chi connectivity index (χ3n) is 9.55. The Balaban J connectivity index is 1.36. The lowest BCUT2D eigenvalue weighted by molar-refractivity contribution is 0.671. The minimum absolute atomic E-state index is 0.630.